The molecule has 0 bridgehead atoms. The number of hydrogen-bond donors (Lipinski definition) is 1. The van der Waals surface area contributed by atoms with Gasteiger partial charge in [0.1, 0.15) is 17.0 Å². The molecule has 190 valence electrons. The van der Waals surface area contributed by atoms with Gasteiger partial charge in [-0.25, -0.2) is 23.5 Å². The van der Waals surface area contributed by atoms with Gasteiger partial charge in [0.05, 0.1) is 34.3 Å². The van der Waals surface area contributed by atoms with Gasteiger partial charge >= 0.3 is 0 Å². The predicted molar refractivity (Wildman–Crippen MR) is 142 cm³/mol. The molecule has 38 heavy (non-hydrogen) atoms. The van der Waals surface area contributed by atoms with Crippen LogP contribution in [0, 0.1) is 11.6 Å². The van der Waals surface area contributed by atoms with Gasteiger partial charge in [-0.05, 0) is 53.4 Å². The lowest BCUT2D eigenvalue weighted by Crippen LogP contribution is -2.28. The molecule has 0 saturated heterocycles. The Morgan fingerprint density at radius 1 is 1.08 bits per heavy atom. The molecule has 4 heterocycles. The van der Waals surface area contributed by atoms with Gasteiger partial charge in [-0.15, -0.1) is 11.3 Å². The average molecular weight is 549 g/mol. The number of hydrogen-bond acceptors (Lipinski definition) is 7. The van der Waals surface area contributed by atoms with Gasteiger partial charge in [0, 0.05) is 6.42 Å². The van der Waals surface area contributed by atoms with E-state index in [4.69, 9.17) is 0 Å². The van der Waals surface area contributed by atoms with Crippen LogP contribution >= 0.6 is 23.1 Å². The molecule has 0 fully saturated rings. The molecule has 0 aliphatic carbocycles. The van der Waals surface area contributed by atoms with Crippen LogP contribution in [0.1, 0.15) is 22.9 Å². The number of aromatic amines is 1. The van der Waals surface area contributed by atoms with E-state index < -0.39 is 11.4 Å². The molecule has 5 aromatic rings. The Morgan fingerprint density at radius 3 is 2.53 bits per heavy atom. The van der Waals surface area contributed by atoms with E-state index in [0.29, 0.717) is 17.8 Å². The highest BCUT2D eigenvalue weighted by molar-refractivity contribution is 7.99. The number of amides is 1. The van der Waals surface area contributed by atoms with Crippen molar-refractivity contribution in [3.8, 4) is 5.69 Å². The zero-order chi connectivity index (χ0) is 26.2. The third-order valence-corrected chi connectivity index (χ3v) is 7.82. The summed E-state index contributed by atoms with van der Waals surface area (Å²) in [5.41, 5.74) is 1.99. The van der Waals surface area contributed by atoms with Gasteiger partial charge in [-0.3, -0.25) is 9.59 Å². The van der Waals surface area contributed by atoms with E-state index in [1.165, 1.54) is 63.6 Å². The number of aromatic nitrogens is 4. The number of carbonyl (C=O) groups excluding carboxylic acids is 1. The molecule has 1 amide bonds. The molecule has 2 aromatic carbocycles. The second-order valence-corrected chi connectivity index (χ2v) is 10.4. The molecule has 8 nitrogen and oxygen atoms in total. The van der Waals surface area contributed by atoms with E-state index in [2.05, 4.69) is 20.2 Å². The van der Waals surface area contributed by atoms with E-state index in [1.54, 1.807) is 12.1 Å². The smallest absolute Gasteiger partial charge is 0.262 e. The number of hydrazone groups is 1. The Balaban J connectivity index is 1.26. The average Bonchev–Trinajstić information content (AvgIpc) is 3.68. The van der Waals surface area contributed by atoms with Crippen molar-refractivity contribution in [3.63, 3.8) is 0 Å². The summed E-state index contributed by atoms with van der Waals surface area (Å²) < 4.78 is 28.4. The van der Waals surface area contributed by atoms with Crippen molar-refractivity contribution < 1.29 is 13.6 Å². The van der Waals surface area contributed by atoms with E-state index in [-0.39, 0.29) is 34.1 Å². The molecule has 0 radical (unpaired) electrons. The van der Waals surface area contributed by atoms with Gasteiger partial charge in [0.15, 0.2) is 10.8 Å². The van der Waals surface area contributed by atoms with Crippen molar-refractivity contribution in [2.45, 2.75) is 17.6 Å². The molecule has 6 rings (SSSR count). The van der Waals surface area contributed by atoms with E-state index in [0.717, 1.165) is 27.9 Å². The van der Waals surface area contributed by atoms with E-state index in [1.807, 2.05) is 17.5 Å². The first kappa shape index (κ1) is 24.2. The maximum atomic E-state index is 13.5. The van der Waals surface area contributed by atoms with Crippen molar-refractivity contribution in [1.29, 1.82) is 0 Å². The van der Waals surface area contributed by atoms with Crippen LogP contribution in [-0.2, 0) is 4.79 Å². The topological polar surface area (TPSA) is 96.2 Å². The monoisotopic (exact) mass is 548 g/mol. The predicted octanol–water partition coefficient (Wildman–Crippen LogP) is 4.92. The summed E-state index contributed by atoms with van der Waals surface area (Å²) in [5.74, 6) is -1.08. The Morgan fingerprint density at radius 2 is 1.82 bits per heavy atom. The highest BCUT2D eigenvalue weighted by Crippen LogP contribution is 2.34. The lowest BCUT2D eigenvalue weighted by atomic mass is 10.0. The number of thioether (sulfide) groups is 1. The minimum absolute atomic E-state index is 0.0436. The van der Waals surface area contributed by atoms with Crippen molar-refractivity contribution in [2.24, 2.45) is 5.10 Å². The lowest BCUT2D eigenvalue weighted by Gasteiger charge is -2.21. The van der Waals surface area contributed by atoms with Crippen molar-refractivity contribution >= 4 is 45.8 Å². The standard InChI is InChI=1S/C26H18F2N6O2S2/c27-16-5-3-15(4-6-16)21-12-20(22-2-1-11-37-22)32-34(21)23(35)14-38-26-30-24-19(25(36)31-26)13-29-33(24)18-9-7-17(28)8-10-18/h1-11,13,21H,12,14H2,(H,30,31,36)/t21-/m0/s1. The molecule has 3 aromatic heterocycles. The molecule has 0 unspecified atom stereocenters. The summed E-state index contributed by atoms with van der Waals surface area (Å²) in [6, 6.07) is 15.2. The van der Waals surface area contributed by atoms with Crippen molar-refractivity contribution in [2.75, 3.05) is 5.75 Å². The third-order valence-electron chi connectivity index (χ3n) is 6.05. The van der Waals surface area contributed by atoms with Gasteiger partial charge < -0.3 is 4.98 Å². The Hall–Kier alpha value is -4.16. The summed E-state index contributed by atoms with van der Waals surface area (Å²) in [4.78, 5) is 34.2. The lowest BCUT2D eigenvalue weighted by molar-refractivity contribution is -0.130. The fraction of sp³-hybridized carbons (Fsp3) is 0.115. The molecule has 12 heteroatoms. The number of nitrogens with zero attached hydrogens (tertiary/aromatic N) is 5. The first-order valence-electron chi connectivity index (χ1n) is 11.5. The fourth-order valence-corrected chi connectivity index (χ4v) is 5.64. The Kier molecular flexibility index (Phi) is 6.34. The van der Waals surface area contributed by atoms with Crippen molar-refractivity contribution in [3.05, 3.63) is 105 Å². The van der Waals surface area contributed by atoms with Gasteiger partial charge in [0.25, 0.3) is 11.5 Å². The number of fused-ring (bicyclic) bond motifs is 1. The molecule has 1 aliphatic rings. The molecule has 0 spiro atoms. The third kappa shape index (κ3) is 4.63. The second kappa shape index (κ2) is 9.95. The van der Waals surface area contributed by atoms with Crippen LogP contribution in [0.5, 0.6) is 0 Å². The number of thiophene rings is 1. The molecular formula is C26H18F2N6O2S2. The number of carbonyl (C=O) groups is 1. The van der Waals surface area contributed by atoms with Crippen LogP contribution in [0.4, 0.5) is 8.78 Å². The molecule has 0 saturated carbocycles. The van der Waals surface area contributed by atoms with Crippen molar-refractivity contribution in [1.82, 2.24) is 24.8 Å². The zero-order valence-corrected chi connectivity index (χ0v) is 21.2. The van der Waals surface area contributed by atoms with Crippen LogP contribution in [-0.4, -0.2) is 42.1 Å². The van der Waals surface area contributed by atoms with Gasteiger partial charge in [-0.2, -0.15) is 10.2 Å². The van der Waals surface area contributed by atoms with E-state index in [9.17, 15) is 18.4 Å². The maximum Gasteiger partial charge on any atom is 0.262 e. The number of benzene rings is 2. The number of halogens is 2. The number of nitrogens with one attached hydrogen (secondary N) is 1. The second-order valence-electron chi connectivity index (χ2n) is 8.46. The first-order valence-corrected chi connectivity index (χ1v) is 13.4. The summed E-state index contributed by atoms with van der Waals surface area (Å²) in [6.45, 7) is 0. The van der Waals surface area contributed by atoms with Gasteiger partial charge in [-0.1, -0.05) is 30.0 Å². The minimum Gasteiger partial charge on any atom is -0.301 e. The quantitative estimate of drug-likeness (QED) is 0.240. The van der Waals surface area contributed by atoms with E-state index >= 15 is 0 Å². The molecular weight excluding hydrogens is 530 g/mol. The normalized spacial score (nSPS) is 15.3. The van der Waals surface area contributed by atoms with Crippen LogP contribution < -0.4 is 5.56 Å². The molecule has 1 N–H and O–H groups in total. The largest absolute Gasteiger partial charge is 0.301 e. The summed E-state index contributed by atoms with van der Waals surface area (Å²) in [5, 5.41) is 12.7. The minimum atomic E-state index is -0.401. The Labute approximate surface area is 222 Å². The van der Waals surface area contributed by atoms with Gasteiger partial charge in [0.2, 0.25) is 0 Å². The fourth-order valence-electron chi connectivity index (χ4n) is 4.21. The summed E-state index contributed by atoms with van der Waals surface area (Å²) in [7, 11) is 0. The molecule has 1 atom stereocenters. The maximum absolute atomic E-state index is 13.5. The number of rotatable bonds is 6. The highest BCUT2D eigenvalue weighted by atomic mass is 32.2. The van der Waals surface area contributed by atoms with Crippen LogP contribution in [0.15, 0.2) is 87.3 Å². The summed E-state index contributed by atoms with van der Waals surface area (Å²) >= 11 is 2.60. The summed E-state index contributed by atoms with van der Waals surface area (Å²) in [6.07, 6.45) is 1.89. The van der Waals surface area contributed by atoms with Crippen LogP contribution in [0.25, 0.3) is 16.7 Å². The Bertz CT molecular complexity index is 1710. The van der Waals surface area contributed by atoms with Crippen LogP contribution in [0.2, 0.25) is 0 Å². The number of H-pyrrole nitrogens is 1. The zero-order valence-electron chi connectivity index (χ0n) is 19.5. The van der Waals surface area contributed by atoms with Crippen LogP contribution in [0.3, 0.4) is 0 Å². The first-order chi connectivity index (χ1) is 18.5. The SMILES string of the molecule is O=C(CSc1nc2c(cnn2-c2ccc(F)cc2)c(=O)[nH]1)N1N=C(c2cccs2)C[C@H]1c1ccc(F)cc1. The molecule has 1 aliphatic heterocycles. The highest BCUT2D eigenvalue weighted by Gasteiger charge is 2.33.